The SMILES string of the molecule is CCCN(CCO)c1nnc(C(C)NCC)o1. The Morgan fingerprint density at radius 3 is 2.71 bits per heavy atom. The van der Waals surface area contributed by atoms with Crippen molar-refractivity contribution in [1.82, 2.24) is 15.5 Å². The number of nitrogens with one attached hydrogen (secondary N) is 1. The van der Waals surface area contributed by atoms with Gasteiger partial charge in [0, 0.05) is 13.1 Å². The smallest absolute Gasteiger partial charge is 0.318 e. The van der Waals surface area contributed by atoms with Crippen LogP contribution in [0.5, 0.6) is 0 Å². The molecule has 0 aromatic carbocycles. The lowest BCUT2D eigenvalue weighted by Gasteiger charge is -2.17. The second-order valence-electron chi connectivity index (χ2n) is 3.91. The maximum atomic E-state index is 8.98. The number of hydrogen-bond acceptors (Lipinski definition) is 6. The van der Waals surface area contributed by atoms with Crippen LogP contribution in [0.25, 0.3) is 0 Å². The Morgan fingerprint density at radius 1 is 1.35 bits per heavy atom. The molecule has 2 N–H and O–H groups in total. The number of anilines is 1. The maximum absolute atomic E-state index is 8.98. The van der Waals surface area contributed by atoms with Crippen molar-refractivity contribution in [3.8, 4) is 0 Å². The van der Waals surface area contributed by atoms with Gasteiger partial charge in [0.05, 0.1) is 12.6 Å². The van der Waals surface area contributed by atoms with Gasteiger partial charge in [-0.15, -0.1) is 5.10 Å². The van der Waals surface area contributed by atoms with E-state index in [2.05, 4.69) is 22.4 Å². The maximum Gasteiger partial charge on any atom is 0.318 e. The molecule has 17 heavy (non-hydrogen) atoms. The molecule has 1 aromatic heterocycles. The summed E-state index contributed by atoms with van der Waals surface area (Å²) in [6.07, 6.45) is 0.973. The van der Waals surface area contributed by atoms with Gasteiger partial charge < -0.3 is 19.7 Å². The first kappa shape index (κ1) is 13.9. The molecule has 1 aromatic rings. The van der Waals surface area contributed by atoms with Gasteiger partial charge in [0.25, 0.3) is 0 Å². The van der Waals surface area contributed by atoms with Crippen molar-refractivity contribution in [2.75, 3.05) is 31.1 Å². The van der Waals surface area contributed by atoms with Crippen molar-refractivity contribution in [1.29, 1.82) is 0 Å². The van der Waals surface area contributed by atoms with Gasteiger partial charge >= 0.3 is 6.01 Å². The normalized spacial score (nSPS) is 12.7. The molecular weight excluding hydrogens is 220 g/mol. The van der Waals surface area contributed by atoms with Gasteiger partial charge in [-0.25, -0.2) is 0 Å². The fourth-order valence-corrected chi connectivity index (χ4v) is 1.62. The Labute approximate surface area is 102 Å². The fourth-order valence-electron chi connectivity index (χ4n) is 1.62. The van der Waals surface area contributed by atoms with E-state index in [-0.39, 0.29) is 12.6 Å². The second kappa shape index (κ2) is 7.24. The summed E-state index contributed by atoms with van der Waals surface area (Å²) in [5.41, 5.74) is 0. The van der Waals surface area contributed by atoms with Crippen molar-refractivity contribution in [3.05, 3.63) is 5.89 Å². The molecule has 1 heterocycles. The number of nitrogens with zero attached hydrogens (tertiary/aromatic N) is 3. The van der Waals surface area contributed by atoms with E-state index in [1.54, 1.807) is 0 Å². The molecule has 1 unspecified atom stereocenters. The molecule has 0 saturated heterocycles. The van der Waals surface area contributed by atoms with Crippen LogP contribution < -0.4 is 10.2 Å². The van der Waals surface area contributed by atoms with E-state index in [1.165, 1.54) is 0 Å². The minimum atomic E-state index is 0.0545. The van der Waals surface area contributed by atoms with E-state index in [0.29, 0.717) is 18.5 Å². The van der Waals surface area contributed by atoms with Crippen LogP contribution in [-0.2, 0) is 0 Å². The van der Waals surface area contributed by atoms with E-state index in [9.17, 15) is 0 Å². The van der Waals surface area contributed by atoms with Crippen LogP contribution in [0.4, 0.5) is 6.01 Å². The Kier molecular flexibility index (Phi) is 5.93. The average Bonchev–Trinajstić information content (AvgIpc) is 2.78. The van der Waals surface area contributed by atoms with Gasteiger partial charge in [-0.3, -0.25) is 0 Å². The molecule has 0 spiro atoms. The van der Waals surface area contributed by atoms with Gasteiger partial charge in [-0.2, -0.15) is 0 Å². The molecule has 6 heteroatoms. The minimum absolute atomic E-state index is 0.0545. The summed E-state index contributed by atoms with van der Waals surface area (Å²) in [5, 5.41) is 20.2. The summed E-state index contributed by atoms with van der Waals surface area (Å²) in [6, 6.07) is 0.541. The van der Waals surface area contributed by atoms with E-state index >= 15 is 0 Å². The Hall–Kier alpha value is -1.14. The highest BCUT2D eigenvalue weighted by Crippen LogP contribution is 2.17. The predicted molar refractivity (Wildman–Crippen MR) is 66.0 cm³/mol. The summed E-state index contributed by atoms with van der Waals surface area (Å²) in [7, 11) is 0. The number of hydrogen-bond donors (Lipinski definition) is 2. The zero-order chi connectivity index (χ0) is 12.7. The fraction of sp³-hybridized carbons (Fsp3) is 0.818. The third-order valence-electron chi connectivity index (χ3n) is 2.44. The lowest BCUT2D eigenvalue weighted by atomic mass is 10.3. The first-order valence-corrected chi connectivity index (χ1v) is 6.15. The van der Waals surface area contributed by atoms with Crippen molar-refractivity contribution in [3.63, 3.8) is 0 Å². The highest BCUT2D eigenvalue weighted by Gasteiger charge is 2.16. The van der Waals surface area contributed by atoms with Crippen LogP contribution in [0.3, 0.4) is 0 Å². The number of aliphatic hydroxyl groups is 1. The largest absolute Gasteiger partial charge is 0.406 e. The zero-order valence-electron chi connectivity index (χ0n) is 10.8. The van der Waals surface area contributed by atoms with E-state index in [1.807, 2.05) is 18.7 Å². The van der Waals surface area contributed by atoms with E-state index < -0.39 is 0 Å². The highest BCUT2D eigenvalue weighted by molar-refractivity contribution is 5.23. The number of aromatic nitrogens is 2. The van der Waals surface area contributed by atoms with Crippen LogP contribution in [-0.4, -0.2) is 41.5 Å². The van der Waals surface area contributed by atoms with Gasteiger partial charge in [-0.05, 0) is 19.9 Å². The third kappa shape index (κ3) is 3.98. The van der Waals surface area contributed by atoms with Gasteiger partial charge in [-0.1, -0.05) is 18.9 Å². The minimum Gasteiger partial charge on any atom is -0.406 e. The Balaban J connectivity index is 2.69. The van der Waals surface area contributed by atoms with Crippen molar-refractivity contribution in [2.24, 2.45) is 0 Å². The summed E-state index contributed by atoms with van der Waals surface area (Å²) >= 11 is 0. The molecule has 0 radical (unpaired) electrons. The molecule has 1 atom stereocenters. The highest BCUT2D eigenvalue weighted by atomic mass is 16.4. The van der Waals surface area contributed by atoms with Crippen LogP contribution in [0.15, 0.2) is 4.42 Å². The molecular formula is C11H22N4O2. The molecule has 0 bridgehead atoms. The monoisotopic (exact) mass is 242 g/mol. The molecule has 6 nitrogen and oxygen atoms in total. The van der Waals surface area contributed by atoms with E-state index in [4.69, 9.17) is 9.52 Å². The van der Waals surface area contributed by atoms with Crippen LogP contribution in [0.2, 0.25) is 0 Å². The molecule has 0 aliphatic carbocycles. The summed E-state index contributed by atoms with van der Waals surface area (Å²) in [6.45, 7) is 8.35. The first-order valence-electron chi connectivity index (χ1n) is 6.15. The summed E-state index contributed by atoms with van der Waals surface area (Å²) < 4.78 is 5.60. The second-order valence-corrected chi connectivity index (χ2v) is 3.91. The molecule has 0 fully saturated rings. The molecule has 0 saturated carbocycles. The van der Waals surface area contributed by atoms with Crippen molar-refractivity contribution in [2.45, 2.75) is 33.2 Å². The summed E-state index contributed by atoms with van der Waals surface area (Å²) in [5.74, 6) is 0.584. The van der Waals surface area contributed by atoms with Gasteiger partial charge in [0.1, 0.15) is 0 Å². The quantitative estimate of drug-likeness (QED) is 0.707. The molecule has 1 rings (SSSR count). The van der Waals surface area contributed by atoms with Gasteiger partial charge in [0.2, 0.25) is 5.89 Å². The zero-order valence-corrected chi connectivity index (χ0v) is 10.8. The van der Waals surface area contributed by atoms with Gasteiger partial charge in [0.15, 0.2) is 0 Å². The molecule has 0 aliphatic rings. The lowest BCUT2D eigenvalue weighted by molar-refractivity contribution is 0.297. The third-order valence-corrected chi connectivity index (χ3v) is 2.44. The summed E-state index contributed by atoms with van der Waals surface area (Å²) in [4.78, 5) is 1.90. The van der Waals surface area contributed by atoms with Crippen LogP contribution in [0.1, 0.15) is 39.1 Å². The Morgan fingerprint density at radius 2 is 2.12 bits per heavy atom. The van der Waals surface area contributed by atoms with Crippen molar-refractivity contribution >= 4 is 6.01 Å². The molecule has 0 amide bonds. The van der Waals surface area contributed by atoms with E-state index in [0.717, 1.165) is 19.5 Å². The molecule has 98 valence electrons. The topological polar surface area (TPSA) is 74.4 Å². The lowest BCUT2D eigenvalue weighted by Crippen LogP contribution is -2.27. The number of rotatable bonds is 8. The first-order chi connectivity index (χ1) is 8.22. The predicted octanol–water partition coefficient (Wildman–Crippen LogP) is 0.949. The Bertz CT molecular complexity index is 310. The number of aliphatic hydroxyl groups excluding tert-OH is 1. The molecule has 0 aliphatic heterocycles. The standard InChI is InChI=1S/C11H22N4O2/c1-4-6-15(7-8-16)11-14-13-10(17-11)9(3)12-5-2/h9,12,16H,4-8H2,1-3H3. The van der Waals surface area contributed by atoms with Crippen LogP contribution >= 0.6 is 0 Å². The van der Waals surface area contributed by atoms with Crippen molar-refractivity contribution < 1.29 is 9.52 Å². The average molecular weight is 242 g/mol. The van der Waals surface area contributed by atoms with Crippen LogP contribution in [0, 0.1) is 0 Å².